The number of rotatable bonds is 5. The molecule has 2 nitrogen and oxygen atoms in total. The molecule has 0 aromatic heterocycles. The summed E-state index contributed by atoms with van der Waals surface area (Å²) >= 11 is 0. The van der Waals surface area contributed by atoms with Crippen LogP contribution in [-0.4, -0.2) is 25.3 Å². The van der Waals surface area contributed by atoms with Gasteiger partial charge in [-0.15, -0.1) is 0 Å². The summed E-state index contributed by atoms with van der Waals surface area (Å²) in [6.45, 7) is 13.1. The van der Waals surface area contributed by atoms with E-state index in [-0.39, 0.29) is 0 Å². The Morgan fingerprint density at radius 3 is 2.47 bits per heavy atom. The molecule has 15 heavy (non-hydrogen) atoms. The first-order valence-corrected chi connectivity index (χ1v) is 6.26. The van der Waals surface area contributed by atoms with E-state index in [0.29, 0.717) is 17.6 Å². The van der Waals surface area contributed by atoms with Crippen molar-refractivity contribution in [3.05, 3.63) is 0 Å². The van der Waals surface area contributed by atoms with E-state index in [4.69, 9.17) is 4.74 Å². The fourth-order valence-corrected chi connectivity index (χ4v) is 2.71. The van der Waals surface area contributed by atoms with Crippen LogP contribution in [0.25, 0.3) is 0 Å². The van der Waals surface area contributed by atoms with E-state index in [1.54, 1.807) is 0 Å². The second kappa shape index (κ2) is 5.31. The maximum Gasteiger partial charge on any atom is 0.0594 e. The van der Waals surface area contributed by atoms with Crippen LogP contribution in [0.4, 0.5) is 0 Å². The molecule has 2 heteroatoms. The SMILES string of the molecule is CC(C)OCCNC1CC(C)(C)CC1C. The zero-order valence-corrected chi connectivity index (χ0v) is 11.0. The number of hydrogen-bond acceptors (Lipinski definition) is 2. The second-order valence-electron chi connectivity index (χ2n) is 6.03. The van der Waals surface area contributed by atoms with Crippen LogP contribution in [0.3, 0.4) is 0 Å². The van der Waals surface area contributed by atoms with Crippen LogP contribution in [0, 0.1) is 11.3 Å². The Kier molecular flexibility index (Phi) is 4.60. The highest BCUT2D eigenvalue weighted by atomic mass is 16.5. The minimum Gasteiger partial charge on any atom is -0.377 e. The van der Waals surface area contributed by atoms with Crippen molar-refractivity contribution in [2.45, 2.75) is 59.6 Å². The maximum absolute atomic E-state index is 5.53. The van der Waals surface area contributed by atoms with Crippen molar-refractivity contribution in [2.24, 2.45) is 11.3 Å². The Hall–Kier alpha value is -0.0800. The first-order chi connectivity index (χ1) is 6.91. The van der Waals surface area contributed by atoms with E-state index in [1.807, 2.05) is 0 Å². The maximum atomic E-state index is 5.53. The third-order valence-electron chi connectivity index (χ3n) is 3.29. The third kappa shape index (κ3) is 4.52. The lowest BCUT2D eigenvalue weighted by Gasteiger charge is -2.19. The monoisotopic (exact) mass is 213 g/mol. The summed E-state index contributed by atoms with van der Waals surface area (Å²) in [5.74, 6) is 0.805. The van der Waals surface area contributed by atoms with Crippen LogP contribution in [0.1, 0.15) is 47.5 Å². The van der Waals surface area contributed by atoms with Crippen LogP contribution in [0.2, 0.25) is 0 Å². The molecule has 0 amide bonds. The summed E-state index contributed by atoms with van der Waals surface area (Å²) in [5, 5.41) is 3.62. The van der Waals surface area contributed by atoms with E-state index < -0.39 is 0 Å². The molecule has 0 bridgehead atoms. The van der Waals surface area contributed by atoms with Crippen LogP contribution < -0.4 is 5.32 Å². The average molecular weight is 213 g/mol. The number of hydrogen-bond donors (Lipinski definition) is 1. The topological polar surface area (TPSA) is 21.3 Å². The van der Waals surface area contributed by atoms with Gasteiger partial charge in [0.2, 0.25) is 0 Å². The van der Waals surface area contributed by atoms with Crippen LogP contribution >= 0.6 is 0 Å². The summed E-state index contributed by atoms with van der Waals surface area (Å²) in [4.78, 5) is 0. The minimum absolute atomic E-state index is 0.351. The fraction of sp³-hybridized carbons (Fsp3) is 1.00. The van der Waals surface area contributed by atoms with Crippen molar-refractivity contribution in [3.8, 4) is 0 Å². The van der Waals surface area contributed by atoms with Gasteiger partial charge in [-0.3, -0.25) is 0 Å². The van der Waals surface area contributed by atoms with Crippen molar-refractivity contribution in [2.75, 3.05) is 13.2 Å². The third-order valence-corrected chi connectivity index (χ3v) is 3.29. The summed E-state index contributed by atoms with van der Waals surface area (Å²) < 4.78 is 5.53. The van der Waals surface area contributed by atoms with Gasteiger partial charge in [0, 0.05) is 12.6 Å². The molecule has 0 aromatic carbocycles. The molecule has 1 aliphatic rings. The van der Waals surface area contributed by atoms with Crippen molar-refractivity contribution in [3.63, 3.8) is 0 Å². The predicted molar refractivity (Wildman–Crippen MR) is 65.1 cm³/mol. The lowest BCUT2D eigenvalue weighted by atomic mass is 9.91. The van der Waals surface area contributed by atoms with Gasteiger partial charge in [-0.2, -0.15) is 0 Å². The zero-order valence-electron chi connectivity index (χ0n) is 11.0. The summed E-state index contributed by atoms with van der Waals surface area (Å²) in [7, 11) is 0. The van der Waals surface area contributed by atoms with Crippen LogP contribution in [-0.2, 0) is 4.74 Å². The van der Waals surface area contributed by atoms with Gasteiger partial charge in [0.25, 0.3) is 0 Å². The summed E-state index contributed by atoms with van der Waals surface area (Å²) in [6.07, 6.45) is 3.00. The number of ether oxygens (including phenoxy) is 1. The highest BCUT2D eigenvalue weighted by molar-refractivity contribution is 4.90. The first kappa shape index (κ1) is 13.0. The molecule has 2 atom stereocenters. The molecule has 1 N–H and O–H groups in total. The Labute approximate surface area is 94.8 Å². The largest absolute Gasteiger partial charge is 0.377 e. The van der Waals surface area contributed by atoms with E-state index in [9.17, 15) is 0 Å². The van der Waals surface area contributed by atoms with Crippen molar-refractivity contribution >= 4 is 0 Å². The van der Waals surface area contributed by atoms with Gasteiger partial charge >= 0.3 is 0 Å². The Balaban J connectivity index is 2.17. The smallest absolute Gasteiger partial charge is 0.0594 e. The van der Waals surface area contributed by atoms with Gasteiger partial charge in [0.05, 0.1) is 12.7 Å². The van der Waals surface area contributed by atoms with Crippen LogP contribution in [0.5, 0.6) is 0 Å². The van der Waals surface area contributed by atoms with Crippen LogP contribution in [0.15, 0.2) is 0 Å². The van der Waals surface area contributed by atoms with E-state index in [2.05, 4.69) is 39.9 Å². The second-order valence-corrected chi connectivity index (χ2v) is 6.03. The van der Waals surface area contributed by atoms with Crippen molar-refractivity contribution < 1.29 is 4.74 Å². The van der Waals surface area contributed by atoms with Gasteiger partial charge in [-0.05, 0) is 38.0 Å². The molecule has 1 fully saturated rings. The minimum atomic E-state index is 0.351. The zero-order chi connectivity index (χ0) is 11.5. The molecule has 1 aliphatic carbocycles. The van der Waals surface area contributed by atoms with E-state index in [1.165, 1.54) is 12.8 Å². The lowest BCUT2D eigenvalue weighted by molar-refractivity contribution is 0.0786. The molecule has 0 radical (unpaired) electrons. The van der Waals surface area contributed by atoms with Gasteiger partial charge in [0.1, 0.15) is 0 Å². The first-order valence-electron chi connectivity index (χ1n) is 6.26. The predicted octanol–water partition coefficient (Wildman–Crippen LogP) is 2.83. The molecule has 90 valence electrons. The molecule has 0 spiro atoms. The van der Waals surface area contributed by atoms with Gasteiger partial charge < -0.3 is 10.1 Å². The molecule has 1 rings (SSSR count). The molecule has 1 saturated carbocycles. The average Bonchev–Trinajstić information content (AvgIpc) is 2.33. The Morgan fingerprint density at radius 2 is 2.00 bits per heavy atom. The fourth-order valence-electron chi connectivity index (χ4n) is 2.71. The molecule has 0 aromatic rings. The Morgan fingerprint density at radius 1 is 1.33 bits per heavy atom. The highest BCUT2D eigenvalue weighted by Crippen LogP contribution is 2.40. The van der Waals surface area contributed by atoms with Crippen molar-refractivity contribution in [1.82, 2.24) is 5.32 Å². The van der Waals surface area contributed by atoms with Gasteiger partial charge in [0.15, 0.2) is 0 Å². The summed E-state index contributed by atoms with van der Waals surface area (Å²) in [6, 6.07) is 0.691. The normalized spacial score (nSPS) is 30.0. The van der Waals surface area contributed by atoms with Gasteiger partial charge in [-0.1, -0.05) is 20.8 Å². The lowest BCUT2D eigenvalue weighted by Crippen LogP contribution is -2.34. The summed E-state index contributed by atoms with van der Waals surface area (Å²) in [5.41, 5.74) is 0.524. The highest BCUT2D eigenvalue weighted by Gasteiger charge is 2.35. The van der Waals surface area contributed by atoms with E-state index in [0.717, 1.165) is 19.1 Å². The van der Waals surface area contributed by atoms with Gasteiger partial charge in [-0.25, -0.2) is 0 Å². The standard InChI is InChI=1S/C13H27NO/c1-10(2)15-7-6-14-12-9-13(4,5)8-11(12)3/h10-12,14H,6-9H2,1-5H3. The number of nitrogens with one attached hydrogen (secondary N) is 1. The molecule has 0 aliphatic heterocycles. The molecular formula is C13H27NO. The van der Waals surface area contributed by atoms with Crippen molar-refractivity contribution in [1.29, 1.82) is 0 Å². The quantitative estimate of drug-likeness (QED) is 0.709. The Bertz CT molecular complexity index is 189. The molecular weight excluding hydrogens is 186 g/mol. The molecule has 0 heterocycles. The van der Waals surface area contributed by atoms with E-state index >= 15 is 0 Å². The molecule has 2 unspecified atom stereocenters. The molecule has 0 saturated heterocycles.